The number of carbonyl (C=O) groups is 1. The van der Waals surface area contributed by atoms with E-state index in [1.165, 1.54) is 0 Å². The van der Waals surface area contributed by atoms with Gasteiger partial charge in [-0.1, -0.05) is 29.3 Å². The molecule has 1 aliphatic carbocycles. The van der Waals surface area contributed by atoms with E-state index in [4.69, 9.17) is 22.1 Å². The Kier molecular flexibility index (Phi) is 6.96. The number of nitriles is 1. The van der Waals surface area contributed by atoms with Gasteiger partial charge in [-0.3, -0.25) is 14.7 Å². The van der Waals surface area contributed by atoms with E-state index in [-0.39, 0.29) is 5.78 Å². The summed E-state index contributed by atoms with van der Waals surface area (Å²) in [5.41, 5.74) is 14.2. The van der Waals surface area contributed by atoms with Gasteiger partial charge in [0.05, 0.1) is 29.4 Å². The van der Waals surface area contributed by atoms with Gasteiger partial charge in [-0.2, -0.15) is 5.26 Å². The largest absolute Gasteiger partial charge is 0.489 e. The van der Waals surface area contributed by atoms with Gasteiger partial charge in [0.1, 0.15) is 18.2 Å². The molecule has 0 spiro atoms. The maximum atomic E-state index is 13.5. The summed E-state index contributed by atoms with van der Waals surface area (Å²) < 4.78 is 6.18. The number of halogens is 1. The van der Waals surface area contributed by atoms with Crippen LogP contribution in [0.4, 0.5) is 5.69 Å². The van der Waals surface area contributed by atoms with Crippen LogP contribution in [0.1, 0.15) is 53.0 Å². The maximum Gasteiger partial charge on any atom is 0.161 e. The average Bonchev–Trinajstić information content (AvgIpc) is 2.90. The number of ether oxygens (including phenoxy) is 1. The number of carbonyl (C=O) groups excluding carboxylic acids is 1. The monoisotopic (exact) mass is 524 g/mol. The molecule has 2 aliphatic rings. The third-order valence-electron chi connectivity index (χ3n) is 7.35. The Morgan fingerprint density at radius 3 is 2.71 bits per heavy atom. The van der Waals surface area contributed by atoms with Gasteiger partial charge in [0.15, 0.2) is 5.78 Å². The number of aromatic nitrogens is 1. The van der Waals surface area contributed by atoms with Gasteiger partial charge < -0.3 is 10.5 Å². The lowest BCUT2D eigenvalue weighted by atomic mass is 9.73. The number of nitrogens with zero attached hydrogens (tertiary/aromatic N) is 3. The maximum absolute atomic E-state index is 13.5. The van der Waals surface area contributed by atoms with E-state index in [2.05, 4.69) is 23.2 Å². The van der Waals surface area contributed by atoms with Crippen LogP contribution in [0.15, 0.2) is 77.5 Å². The molecule has 0 amide bonds. The number of allylic oxidation sites excluding steroid dienone is 3. The lowest BCUT2D eigenvalue weighted by molar-refractivity contribution is -0.116. The third-order valence-corrected chi connectivity index (χ3v) is 7.58. The molecule has 0 bridgehead atoms. The van der Waals surface area contributed by atoms with E-state index in [1.54, 1.807) is 12.4 Å². The minimum absolute atomic E-state index is 0.0564. The molecular formula is C31H29ClN4O2. The second-order valence-corrected chi connectivity index (χ2v) is 10.3. The number of pyridine rings is 1. The van der Waals surface area contributed by atoms with Crippen LogP contribution in [0.2, 0.25) is 5.02 Å². The van der Waals surface area contributed by atoms with Crippen molar-refractivity contribution >= 4 is 23.1 Å². The number of ketones is 1. The first-order valence-corrected chi connectivity index (χ1v) is 13.0. The van der Waals surface area contributed by atoms with Crippen molar-refractivity contribution in [1.82, 2.24) is 4.98 Å². The molecule has 1 atom stereocenters. The van der Waals surface area contributed by atoms with E-state index < -0.39 is 5.92 Å². The molecule has 192 valence electrons. The molecule has 1 aliphatic heterocycles. The summed E-state index contributed by atoms with van der Waals surface area (Å²) in [7, 11) is 0. The van der Waals surface area contributed by atoms with Crippen molar-refractivity contribution < 1.29 is 9.53 Å². The molecule has 7 heteroatoms. The molecule has 0 radical (unpaired) electrons. The Labute approximate surface area is 228 Å². The van der Waals surface area contributed by atoms with E-state index in [9.17, 15) is 10.1 Å². The van der Waals surface area contributed by atoms with Gasteiger partial charge in [-0.25, -0.2) is 0 Å². The molecule has 1 aromatic heterocycles. The van der Waals surface area contributed by atoms with Crippen molar-refractivity contribution in [3.63, 3.8) is 0 Å². The summed E-state index contributed by atoms with van der Waals surface area (Å²) in [6, 6.07) is 15.8. The molecule has 2 N–H and O–H groups in total. The molecule has 1 unspecified atom stereocenters. The SMILES string of the molecule is Cc1cc(COc2ccc(Cl)cc2C)c(C)c(C2C(C#N)=C(N)N(c3cccnc3)C3=C2C(=O)CCC3)c1. The number of hydrogen-bond donors (Lipinski definition) is 1. The highest BCUT2D eigenvalue weighted by atomic mass is 35.5. The topological polar surface area (TPSA) is 92.2 Å². The molecular weight excluding hydrogens is 496 g/mol. The van der Waals surface area contributed by atoms with E-state index >= 15 is 0 Å². The second-order valence-electron chi connectivity index (χ2n) is 9.86. The first-order chi connectivity index (χ1) is 18.3. The number of Topliss-reactive ketones (excluding diaryl/α,β-unsaturated/α-hetero) is 1. The molecule has 5 rings (SSSR count). The van der Waals surface area contributed by atoms with Crippen molar-refractivity contribution in [2.24, 2.45) is 5.73 Å². The average molecular weight is 525 g/mol. The summed E-state index contributed by atoms with van der Waals surface area (Å²) in [6.45, 7) is 6.34. The molecule has 0 saturated heterocycles. The van der Waals surface area contributed by atoms with Crippen LogP contribution in [0, 0.1) is 32.1 Å². The highest BCUT2D eigenvalue weighted by molar-refractivity contribution is 6.30. The second kappa shape index (κ2) is 10.4. The Bertz CT molecular complexity index is 1540. The fraction of sp³-hybridized carbons (Fsp3) is 0.258. The van der Waals surface area contributed by atoms with Crippen molar-refractivity contribution in [3.05, 3.63) is 110 Å². The Morgan fingerprint density at radius 1 is 1.18 bits per heavy atom. The minimum Gasteiger partial charge on any atom is -0.489 e. The first kappa shape index (κ1) is 25.6. The smallest absolute Gasteiger partial charge is 0.161 e. The number of hydrogen-bond acceptors (Lipinski definition) is 6. The van der Waals surface area contributed by atoms with Gasteiger partial charge >= 0.3 is 0 Å². The molecule has 2 aromatic carbocycles. The zero-order valence-corrected chi connectivity index (χ0v) is 22.5. The zero-order valence-electron chi connectivity index (χ0n) is 21.7. The van der Waals surface area contributed by atoms with Crippen LogP contribution in [0.5, 0.6) is 5.75 Å². The third kappa shape index (κ3) is 4.55. The highest BCUT2D eigenvalue weighted by Gasteiger charge is 2.41. The van der Waals surface area contributed by atoms with E-state index in [1.807, 2.05) is 56.0 Å². The number of anilines is 1. The van der Waals surface area contributed by atoms with Crippen molar-refractivity contribution in [2.45, 2.75) is 52.6 Å². The van der Waals surface area contributed by atoms with Gasteiger partial charge in [-0.15, -0.1) is 0 Å². The standard InChI is InChI=1S/C31H29ClN4O2/c1-18-12-21(17-38-28-10-9-22(32)14-19(28)2)20(3)24(13-18)29-25(15-33)31(34)36(23-6-5-11-35-16-23)26-7-4-8-27(37)30(26)29/h5-6,9-14,16,29H,4,7-8,17,34H2,1-3H3. The number of rotatable bonds is 5. The summed E-state index contributed by atoms with van der Waals surface area (Å²) in [6.07, 6.45) is 5.28. The van der Waals surface area contributed by atoms with Crippen LogP contribution < -0.4 is 15.4 Å². The number of aryl methyl sites for hydroxylation is 2. The van der Waals surface area contributed by atoms with Crippen molar-refractivity contribution in [3.8, 4) is 11.8 Å². The normalized spacial score (nSPS) is 17.4. The van der Waals surface area contributed by atoms with Gasteiger partial charge in [0.2, 0.25) is 0 Å². The quantitative estimate of drug-likeness (QED) is 0.407. The molecule has 3 aromatic rings. The van der Waals surface area contributed by atoms with Crippen LogP contribution in [0.3, 0.4) is 0 Å². The predicted molar refractivity (Wildman–Crippen MR) is 149 cm³/mol. The zero-order chi connectivity index (χ0) is 27.0. The number of benzene rings is 2. The molecule has 0 saturated carbocycles. The van der Waals surface area contributed by atoms with Crippen LogP contribution in [-0.4, -0.2) is 10.8 Å². The van der Waals surface area contributed by atoms with Crippen molar-refractivity contribution in [1.29, 1.82) is 5.26 Å². The summed E-state index contributed by atoms with van der Waals surface area (Å²) in [5, 5.41) is 11.0. The lowest BCUT2D eigenvalue weighted by Gasteiger charge is -2.40. The lowest BCUT2D eigenvalue weighted by Crippen LogP contribution is -2.39. The van der Waals surface area contributed by atoms with E-state index in [0.717, 1.165) is 51.4 Å². The molecule has 6 nitrogen and oxygen atoms in total. The van der Waals surface area contributed by atoms with Crippen molar-refractivity contribution in [2.75, 3.05) is 4.90 Å². The Hall–Kier alpha value is -4.08. The fourth-order valence-electron chi connectivity index (χ4n) is 5.52. The van der Waals surface area contributed by atoms with Gasteiger partial charge in [-0.05, 0) is 86.2 Å². The van der Waals surface area contributed by atoms with Crippen LogP contribution in [0.25, 0.3) is 0 Å². The highest BCUT2D eigenvalue weighted by Crippen LogP contribution is 2.47. The molecule has 0 fully saturated rings. The van der Waals surface area contributed by atoms with E-state index in [0.29, 0.717) is 41.4 Å². The first-order valence-electron chi connectivity index (χ1n) is 12.6. The molecule has 2 heterocycles. The Morgan fingerprint density at radius 2 is 2.00 bits per heavy atom. The molecule has 38 heavy (non-hydrogen) atoms. The van der Waals surface area contributed by atoms with Crippen LogP contribution in [-0.2, 0) is 11.4 Å². The Balaban J connectivity index is 1.62. The van der Waals surface area contributed by atoms with Crippen LogP contribution >= 0.6 is 11.6 Å². The number of nitrogens with two attached hydrogens (primary N) is 1. The van der Waals surface area contributed by atoms with Gasteiger partial charge in [0, 0.05) is 28.9 Å². The predicted octanol–water partition coefficient (Wildman–Crippen LogP) is 6.54. The summed E-state index contributed by atoms with van der Waals surface area (Å²) in [5.74, 6) is 0.623. The minimum atomic E-state index is -0.536. The van der Waals surface area contributed by atoms with Gasteiger partial charge in [0.25, 0.3) is 0 Å². The summed E-state index contributed by atoms with van der Waals surface area (Å²) >= 11 is 6.11. The fourth-order valence-corrected chi connectivity index (χ4v) is 5.75. The summed E-state index contributed by atoms with van der Waals surface area (Å²) in [4.78, 5) is 19.6.